The fourth-order valence-corrected chi connectivity index (χ4v) is 2.35. The SMILES string of the molecule is CCOCCCN1CCCCC1C(C)O. The molecule has 0 saturated carbocycles. The van der Waals surface area contributed by atoms with E-state index < -0.39 is 0 Å². The molecular formula is C12H25NO2. The van der Waals surface area contributed by atoms with Gasteiger partial charge in [-0.25, -0.2) is 0 Å². The summed E-state index contributed by atoms with van der Waals surface area (Å²) >= 11 is 0. The molecule has 2 unspecified atom stereocenters. The number of nitrogens with zero attached hydrogens (tertiary/aromatic N) is 1. The van der Waals surface area contributed by atoms with Gasteiger partial charge in [0, 0.05) is 25.8 Å². The molecule has 90 valence electrons. The monoisotopic (exact) mass is 215 g/mol. The highest BCUT2D eigenvalue weighted by Gasteiger charge is 2.25. The maximum Gasteiger partial charge on any atom is 0.0667 e. The van der Waals surface area contributed by atoms with Crippen molar-refractivity contribution in [2.45, 2.75) is 51.7 Å². The van der Waals surface area contributed by atoms with E-state index in [0.29, 0.717) is 6.04 Å². The van der Waals surface area contributed by atoms with E-state index in [9.17, 15) is 5.11 Å². The molecule has 0 aromatic heterocycles. The van der Waals surface area contributed by atoms with Crippen molar-refractivity contribution in [3.8, 4) is 0 Å². The normalized spacial score (nSPS) is 25.4. The zero-order chi connectivity index (χ0) is 11.1. The predicted octanol–water partition coefficient (Wildman–Crippen LogP) is 1.65. The smallest absolute Gasteiger partial charge is 0.0667 e. The molecule has 0 amide bonds. The van der Waals surface area contributed by atoms with Gasteiger partial charge in [-0.05, 0) is 39.7 Å². The summed E-state index contributed by atoms with van der Waals surface area (Å²) in [6.45, 7) is 7.79. The van der Waals surface area contributed by atoms with E-state index in [2.05, 4.69) is 4.90 Å². The Morgan fingerprint density at radius 1 is 1.47 bits per heavy atom. The summed E-state index contributed by atoms with van der Waals surface area (Å²) in [5.74, 6) is 0. The first-order valence-electron chi connectivity index (χ1n) is 6.25. The van der Waals surface area contributed by atoms with Crippen LogP contribution in [-0.4, -0.2) is 48.5 Å². The summed E-state index contributed by atoms with van der Waals surface area (Å²) in [6.07, 6.45) is 4.57. The second-order valence-corrected chi connectivity index (χ2v) is 4.39. The van der Waals surface area contributed by atoms with Crippen LogP contribution in [0.3, 0.4) is 0 Å². The molecule has 1 aliphatic heterocycles. The fourth-order valence-electron chi connectivity index (χ4n) is 2.35. The van der Waals surface area contributed by atoms with Gasteiger partial charge in [-0.15, -0.1) is 0 Å². The third kappa shape index (κ3) is 4.49. The number of piperidine rings is 1. The summed E-state index contributed by atoms with van der Waals surface area (Å²) in [6, 6.07) is 0.375. The van der Waals surface area contributed by atoms with E-state index in [4.69, 9.17) is 4.74 Å². The number of aliphatic hydroxyl groups excluding tert-OH is 1. The lowest BCUT2D eigenvalue weighted by atomic mass is 9.98. The molecule has 0 spiro atoms. The van der Waals surface area contributed by atoms with Gasteiger partial charge < -0.3 is 9.84 Å². The molecular weight excluding hydrogens is 190 g/mol. The minimum Gasteiger partial charge on any atom is -0.392 e. The number of hydrogen-bond donors (Lipinski definition) is 1. The molecule has 1 fully saturated rings. The third-order valence-electron chi connectivity index (χ3n) is 3.16. The maximum atomic E-state index is 9.68. The highest BCUT2D eigenvalue weighted by atomic mass is 16.5. The minimum absolute atomic E-state index is 0.197. The van der Waals surface area contributed by atoms with E-state index in [-0.39, 0.29) is 6.10 Å². The highest BCUT2D eigenvalue weighted by Crippen LogP contribution is 2.19. The molecule has 3 nitrogen and oxygen atoms in total. The first-order valence-corrected chi connectivity index (χ1v) is 6.25. The van der Waals surface area contributed by atoms with Crippen LogP contribution in [0.25, 0.3) is 0 Å². The van der Waals surface area contributed by atoms with E-state index in [0.717, 1.165) is 39.1 Å². The van der Waals surface area contributed by atoms with Crippen LogP contribution in [0.15, 0.2) is 0 Å². The molecule has 1 N–H and O–H groups in total. The Kier molecular flexibility index (Phi) is 6.22. The average molecular weight is 215 g/mol. The molecule has 3 heteroatoms. The van der Waals surface area contributed by atoms with Gasteiger partial charge in [0.05, 0.1) is 6.10 Å². The average Bonchev–Trinajstić information content (AvgIpc) is 2.25. The van der Waals surface area contributed by atoms with Gasteiger partial charge in [0.25, 0.3) is 0 Å². The van der Waals surface area contributed by atoms with Gasteiger partial charge in [-0.2, -0.15) is 0 Å². The second kappa shape index (κ2) is 7.20. The number of rotatable bonds is 6. The molecule has 1 heterocycles. The number of hydrogen-bond acceptors (Lipinski definition) is 3. The summed E-state index contributed by atoms with van der Waals surface area (Å²) in [7, 11) is 0. The van der Waals surface area contributed by atoms with Gasteiger partial charge in [0.1, 0.15) is 0 Å². The second-order valence-electron chi connectivity index (χ2n) is 4.39. The summed E-state index contributed by atoms with van der Waals surface area (Å²) in [4.78, 5) is 2.42. The van der Waals surface area contributed by atoms with Crippen LogP contribution >= 0.6 is 0 Å². The van der Waals surface area contributed by atoms with E-state index in [1.165, 1.54) is 12.8 Å². The molecule has 1 rings (SSSR count). The minimum atomic E-state index is -0.197. The van der Waals surface area contributed by atoms with Crippen LogP contribution in [0.5, 0.6) is 0 Å². The highest BCUT2D eigenvalue weighted by molar-refractivity contribution is 4.80. The third-order valence-corrected chi connectivity index (χ3v) is 3.16. The number of likely N-dealkylation sites (tertiary alicyclic amines) is 1. The van der Waals surface area contributed by atoms with Gasteiger partial charge in [-0.3, -0.25) is 4.90 Å². The topological polar surface area (TPSA) is 32.7 Å². The fraction of sp³-hybridized carbons (Fsp3) is 1.00. The van der Waals surface area contributed by atoms with Crippen LogP contribution in [0.1, 0.15) is 39.5 Å². The summed E-state index contributed by atoms with van der Waals surface area (Å²) < 4.78 is 5.33. The van der Waals surface area contributed by atoms with E-state index in [1.54, 1.807) is 0 Å². The van der Waals surface area contributed by atoms with Crippen molar-refractivity contribution >= 4 is 0 Å². The van der Waals surface area contributed by atoms with Gasteiger partial charge in [0.15, 0.2) is 0 Å². The van der Waals surface area contributed by atoms with Crippen molar-refractivity contribution in [2.24, 2.45) is 0 Å². The largest absolute Gasteiger partial charge is 0.392 e. The first-order chi connectivity index (χ1) is 7.25. The molecule has 0 bridgehead atoms. The van der Waals surface area contributed by atoms with Gasteiger partial charge >= 0.3 is 0 Å². The van der Waals surface area contributed by atoms with Crippen molar-refractivity contribution < 1.29 is 9.84 Å². The summed E-state index contributed by atoms with van der Waals surface area (Å²) in [5.41, 5.74) is 0. The summed E-state index contributed by atoms with van der Waals surface area (Å²) in [5, 5.41) is 9.68. The van der Waals surface area contributed by atoms with Crippen molar-refractivity contribution in [3.05, 3.63) is 0 Å². The van der Waals surface area contributed by atoms with E-state index >= 15 is 0 Å². The molecule has 1 aliphatic rings. The Balaban J connectivity index is 2.23. The zero-order valence-electron chi connectivity index (χ0n) is 10.1. The van der Waals surface area contributed by atoms with Crippen LogP contribution in [0.4, 0.5) is 0 Å². The van der Waals surface area contributed by atoms with Crippen LogP contribution in [0, 0.1) is 0 Å². The molecule has 15 heavy (non-hydrogen) atoms. The Morgan fingerprint density at radius 3 is 2.93 bits per heavy atom. The molecule has 2 atom stereocenters. The molecule has 1 saturated heterocycles. The van der Waals surface area contributed by atoms with Crippen molar-refractivity contribution in [2.75, 3.05) is 26.3 Å². The Morgan fingerprint density at radius 2 is 2.27 bits per heavy atom. The Labute approximate surface area is 93.4 Å². The molecule has 0 radical (unpaired) electrons. The zero-order valence-corrected chi connectivity index (χ0v) is 10.1. The van der Waals surface area contributed by atoms with Crippen LogP contribution in [-0.2, 0) is 4.74 Å². The first kappa shape index (κ1) is 12.9. The lowest BCUT2D eigenvalue weighted by molar-refractivity contribution is 0.0297. The maximum absolute atomic E-state index is 9.68. The van der Waals surface area contributed by atoms with Crippen molar-refractivity contribution in [1.82, 2.24) is 4.90 Å². The lowest BCUT2D eigenvalue weighted by Gasteiger charge is -2.37. The Bertz CT molecular complexity index is 162. The van der Waals surface area contributed by atoms with Gasteiger partial charge in [0.2, 0.25) is 0 Å². The lowest BCUT2D eigenvalue weighted by Crippen LogP contribution is -2.46. The molecule has 0 aromatic carbocycles. The quantitative estimate of drug-likeness (QED) is 0.684. The standard InChI is InChI=1S/C12H25NO2/c1-3-15-10-6-9-13-8-5-4-7-12(13)11(2)14/h11-12,14H,3-10H2,1-2H3. The van der Waals surface area contributed by atoms with Crippen LogP contribution in [0.2, 0.25) is 0 Å². The van der Waals surface area contributed by atoms with E-state index in [1.807, 2.05) is 13.8 Å². The predicted molar refractivity (Wildman–Crippen MR) is 62.0 cm³/mol. The number of aliphatic hydroxyl groups is 1. The van der Waals surface area contributed by atoms with Crippen molar-refractivity contribution in [3.63, 3.8) is 0 Å². The van der Waals surface area contributed by atoms with Crippen molar-refractivity contribution in [1.29, 1.82) is 0 Å². The molecule has 0 aliphatic carbocycles. The van der Waals surface area contributed by atoms with Crippen LogP contribution < -0.4 is 0 Å². The molecule has 0 aromatic rings. The van der Waals surface area contributed by atoms with Gasteiger partial charge in [-0.1, -0.05) is 6.42 Å². The Hall–Kier alpha value is -0.120. The number of ether oxygens (including phenoxy) is 1.